The Labute approximate surface area is 65.1 Å². The van der Waals surface area contributed by atoms with Gasteiger partial charge in [0, 0.05) is 4.88 Å². The number of halogens is 3. The second-order valence-corrected chi connectivity index (χ2v) is 2.94. The van der Waals surface area contributed by atoms with Gasteiger partial charge in [-0.15, -0.1) is 11.3 Å². The zero-order valence-corrected chi connectivity index (χ0v) is 6.12. The normalized spacial score (nSPS) is 14.9. The molecular formula is C6H5F3OS. The van der Waals surface area contributed by atoms with Gasteiger partial charge in [0.1, 0.15) is 0 Å². The fourth-order valence-electron chi connectivity index (χ4n) is 0.608. The lowest BCUT2D eigenvalue weighted by atomic mass is 10.3. The van der Waals surface area contributed by atoms with Crippen LogP contribution in [-0.2, 0) is 0 Å². The highest BCUT2D eigenvalue weighted by Crippen LogP contribution is 2.34. The van der Waals surface area contributed by atoms with E-state index in [0.29, 0.717) is 0 Å². The molecule has 62 valence electrons. The van der Waals surface area contributed by atoms with Crippen molar-refractivity contribution in [2.24, 2.45) is 0 Å². The monoisotopic (exact) mass is 182 g/mol. The van der Waals surface area contributed by atoms with E-state index in [-0.39, 0.29) is 4.88 Å². The lowest BCUT2D eigenvalue weighted by Crippen LogP contribution is -2.18. The van der Waals surface area contributed by atoms with E-state index in [9.17, 15) is 13.2 Å². The Hall–Kier alpha value is -0.550. The molecule has 5 heteroatoms. The fourth-order valence-corrected chi connectivity index (χ4v) is 1.34. The molecule has 1 aromatic heterocycles. The molecule has 0 saturated carbocycles. The second-order valence-electron chi connectivity index (χ2n) is 1.96. The minimum atomic E-state index is -4.55. The maximum atomic E-state index is 11.8. The highest BCUT2D eigenvalue weighted by Gasteiger charge is 2.39. The molecule has 1 aromatic rings. The van der Waals surface area contributed by atoms with E-state index in [1.165, 1.54) is 17.5 Å². The van der Waals surface area contributed by atoms with Gasteiger partial charge in [0.2, 0.25) is 0 Å². The quantitative estimate of drug-likeness (QED) is 0.706. The minimum Gasteiger partial charge on any atom is -0.379 e. The minimum absolute atomic E-state index is 0.0718. The zero-order chi connectivity index (χ0) is 8.48. The Morgan fingerprint density at radius 1 is 1.45 bits per heavy atom. The molecule has 1 N–H and O–H groups in total. The second kappa shape index (κ2) is 2.83. The van der Waals surface area contributed by atoms with Crippen molar-refractivity contribution in [3.63, 3.8) is 0 Å². The summed E-state index contributed by atoms with van der Waals surface area (Å²) in [6.45, 7) is 0. The van der Waals surface area contributed by atoms with Crippen LogP contribution in [0.15, 0.2) is 17.5 Å². The molecule has 11 heavy (non-hydrogen) atoms. The van der Waals surface area contributed by atoms with Crippen LogP contribution in [0, 0.1) is 0 Å². The summed E-state index contributed by atoms with van der Waals surface area (Å²) in [7, 11) is 0. The van der Waals surface area contributed by atoms with Crippen molar-refractivity contribution in [2.75, 3.05) is 0 Å². The summed E-state index contributed by atoms with van der Waals surface area (Å²) in [6.07, 6.45) is -6.88. The van der Waals surface area contributed by atoms with Crippen LogP contribution in [0.1, 0.15) is 11.0 Å². The third kappa shape index (κ3) is 1.94. The van der Waals surface area contributed by atoms with Crippen LogP contribution >= 0.6 is 11.3 Å². The van der Waals surface area contributed by atoms with Crippen LogP contribution in [0.4, 0.5) is 13.2 Å². The molecule has 0 bridgehead atoms. The van der Waals surface area contributed by atoms with Gasteiger partial charge in [0.25, 0.3) is 0 Å². The van der Waals surface area contributed by atoms with Crippen molar-refractivity contribution >= 4 is 11.3 Å². The van der Waals surface area contributed by atoms with E-state index in [0.717, 1.165) is 11.3 Å². The van der Waals surface area contributed by atoms with Crippen LogP contribution in [0.5, 0.6) is 0 Å². The van der Waals surface area contributed by atoms with E-state index < -0.39 is 12.3 Å². The van der Waals surface area contributed by atoms with Gasteiger partial charge in [-0.25, -0.2) is 0 Å². The fraction of sp³-hybridized carbons (Fsp3) is 0.333. The Morgan fingerprint density at radius 2 is 2.09 bits per heavy atom. The third-order valence-electron chi connectivity index (χ3n) is 1.12. The number of aliphatic hydroxyl groups excluding tert-OH is 1. The summed E-state index contributed by atoms with van der Waals surface area (Å²) in [5, 5.41) is 10.1. The number of aliphatic hydroxyl groups is 1. The molecule has 1 atom stereocenters. The largest absolute Gasteiger partial charge is 0.419 e. The molecule has 0 aromatic carbocycles. The average Bonchev–Trinajstić information content (AvgIpc) is 2.34. The lowest BCUT2D eigenvalue weighted by molar-refractivity contribution is -0.205. The van der Waals surface area contributed by atoms with E-state index >= 15 is 0 Å². The zero-order valence-electron chi connectivity index (χ0n) is 5.30. The number of alkyl halides is 3. The van der Waals surface area contributed by atoms with Crippen molar-refractivity contribution < 1.29 is 18.3 Å². The summed E-state index contributed by atoms with van der Waals surface area (Å²) in [5.41, 5.74) is 0. The predicted octanol–water partition coefficient (Wildman–Crippen LogP) is 2.34. The lowest BCUT2D eigenvalue weighted by Gasteiger charge is -2.11. The maximum absolute atomic E-state index is 11.8. The Bertz CT molecular complexity index is 216. The van der Waals surface area contributed by atoms with E-state index in [1.807, 2.05) is 0 Å². The molecule has 0 saturated heterocycles. The smallest absolute Gasteiger partial charge is 0.379 e. The molecule has 0 aliphatic carbocycles. The van der Waals surface area contributed by atoms with Gasteiger partial charge >= 0.3 is 6.18 Å². The molecule has 0 unspecified atom stereocenters. The van der Waals surface area contributed by atoms with Gasteiger partial charge in [-0.1, -0.05) is 6.07 Å². The molecule has 1 nitrogen and oxygen atoms in total. The number of hydrogen-bond acceptors (Lipinski definition) is 2. The van der Waals surface area contributed by atoms with Crippen molar-refractivity contribution in [3.05, 3.63) is 22.4 Å². The maximum Gasteiger partial charge on any atom is 0.419 e. The molecular weight excluding hydrogens is 177 g/mol. The van der Waals surface area contributed by atoms with Gasteiger partial charge in [0.15, 0.2) is 6.10 Å². The summed E-state index contributed by atoms with van der Waals surface area (Å²) >= 11 is 0.888. The van der Waals surface area contributed by atoms with Crippen molar-refractivity contribution in [1.29, 1.82) is 0 Å². The summed E-state index contributed by atoms with van der Waals surface area (Å²) in [5.74, 6) is 0. The molecule has 1 rings (SSSR count). The van der Waals surface area contributed by atoms with E-state index in [1.54, 1.807) is 0 Å². The van der Waals surface area contributed by atoms with Gasteiger partial charge < -0.3 is 5.11 Å². The molecule has 1 heterocycles. The molecule has 0 spiro atoms. The highest BCUT2D eigenvalue weighted by molar-refractivity contribution is 7.10. The first kappa shape index (κ1) is 8.55. The summed E-state index contributed by atoms with van der Waals surface area (Å²) in [4.78, 5) is -0.0718. The van der Waals surface area contributed by atoms with Gasteiger partial charge in [-0.2, -0.15) is 13.2 Å². The van der Waals surface area contributed by atoms with E-state index in [2.05, 4.69) is 0 Å². The van der Waals surface area contributed by atoms with Crippen molar-refractivity contribution in [3.8, 4) is 0 Å². The van der Waals surface area contributed by atoms with Crippen LogP contribution < -0.4 is 0 Å². The summed E-state index contributed by atoms with van der Waals surface area (Å²) in [6, 6.07) is 2.72. The Morgan fingerprint density at radius 3 is 2.45 bits per heavy atom. The standard InChI is InChI=1S/C6H5F3OS/c7-6(8,9)5(10)4-2-1-3-11-4/h1-3,5,10H/t5-/m0/s1. The highest BCUT2D eigenvalue weighted by atomic mass is 32.1. The van der Waals surface area contributed by atoms with E-state index in [4.69, 9.17) is 5.11 Å². The third-order valence-corrected chi connectivity index (χ3v) is 2.05. The van der Waals surface area contributed by atoms with Gasteiger partial charge in [0.05, 0.1) is 0 Å². The van der Waals surface area contributed by atoms with Crippen molar-refractivity contribution in [2.45, 2.75) is 12.3 Å². The number of rotatable bonds is 1. The van der Waals surface area contributed by atoms with Crippen LogP contribution in [0.2, 0.25) is 0 Å². The summed E-state index contributed by atoms with van der Waals surface area (Å²) < 4.78 is 35.3. The topological polar surface area (TPSA) is 20.2 Å². The van der Waals surface area contributed by atoms with Crippen molar-refractivity contribution in [1.82, 2.24) is 0 Å². The first-order valence-corrected chi connectivity index (χ1v) is 3.68. The number of thiophene rings is 1. The molecule has 0 aliphatic heterocycles. The SMILES string of the molecule is O[C@@H](c1cccs1)C(F)(F)F. The Balaban J connectivity index is 2.78. The van der Waals surface area contributed by atoms with Crippen LogP contribution in [-0.4, -0.2) is 11.3 Å². The van der Waals surface area contributed by atoms with Crippen LogP contribution in [0.3, 0.4) is 0 Å². The van der Waals surface area contributed by atoms with Crippen LogP contribution in [0.25, 0.3) is 0 Å². The first-order valence-electron chi connectivity index (χ1n) is 2.80. The molecule has 0 aliphatic rings. The predicted molar refractivity (Wildman–Crippen MR) is 35.3 cm³/mol. The average molecular weight is 182 g/mol. The molecule has 0 fully saturated rings. The van der Waals surface area contributed by atoms with Gasteiger partial charge in [-0.3, -0.25) is 0 Å². The first-order chi connectivity index (χ1) is 5.02. The number of hydrogen-bond donors (Lipinski definition) is 1. The van der Waals surface area contributed by atoms with Gasteiger partial charge in [-0.05, 0) is 11.4 Å². The Kier molecular flexibility index (Phi) is 2.20. The molecule has 0 radical (unpaired) electrons. The molecule has 0 amide bonds.